The van der Waals surface area contributed by atoms with Gasteiger partial charge >= 0.3 is 0 Å². The summed E-state index contributed by atoms with van der Waals surface area (Å²) in [7, 11) is 0. The normalized spacial score (nSPS) is 13.2. The Labute approximate surface area is 137 Å². The molecular formula is C13H8BrClFN3OS. The van der Waals surface area contributed by atoms with E-state index in [1.165, 1.54) is 12.1 Å². The number of benzene rings is 2. The zero-order valence-electron chi connectivity index (χ0n) is 10.3. The number of rotatable bonds is 1. The van der Waals surface area contributed by atoms with E-state index in [9.17, 15) is 9.50 Å². The van der Waals surface area contributed by atoms with Gasteiger partial charge in [0.25, 0.3) is 0 Å². The van der Waals surface area contributed by atoms with E-state index >= 15 is 0 Å². The van der Waals surface area contributed by atoms with Gasteiger partial charge in [0.2, 0.25) is 5.96 Å². The first-order valence-corrected chi connectivity index (χ1v) is 7.74. The summed E-state index contributed by atoms with van der Waals surface area (Å²) in [5, 5.41) is 16.1. The number of nitrogens with one attached hydrogen (secondary N) is 2. The zero-order chi connectivity index (χ0) is 15.0. The van der Waals surface area contributed by atoms with Gasteiger partial charge in [-0.1, -0.05) is 17.7 Å². The molecule has 1 aliphatic rings. The lowest BCUT2D eigenvalue weighted by molar-refractivity contribution is 0.476. The Hall–Kier alpha value is -1.44. The van der Waals surface area contributed by atoms with Crippen LogP contribution < -0.4 is 10.6 Å². The van der Waals surface area contributed by atoms with Gasteiger partial charge in [-0.05, 0) is 34.1 Å². The van der Waals surface area contributed by atoms with Crippen LogP contribution >= 0.6 is 39.5 Å². The average Bonchev–Trinajstić information content (AvgIpc) is 2.43. The quantitative estimate of drug-likeness (QED) is 0.483. The van der Waals surface area contributed by atoms with Gasteiger partial charge in [-0.15, -0.1) is 0 Å². The summed E-state index contributed by atoms with van der Waals surface area (Å²) in [5.41, 5.74) is 0.746. The van der Waals surface area contributed by atoms with Crippen LogP contribution in [0.25, 0.3) is 0 Å². The Bertz CT molecular complexity index is 736. The summed E-state index contributed by atoms with van der Waals surface area (Å²) in [6, 6.07) is 7.77. The van der Waals surface area contributed by atoms with Crippen molar-refractivity contribution in [1.29, 1.82) is 0 Å². The molecule has 4 nitrogen and oxygen atoms in total. The molecule has 0 spiro atoms. The molecule has 2 aromatic carbocycles. The summed E-state index contributed by atoms with van der Waals surface area (Å²) in [6.07, 6.45) is 0. The highest BCUT2D eigenvalue weighted by Crippen LogP contribution is 2.40. The molecule has 0 aliphatic carbocycles. The van der Waals surface area contributed by atoms with Crippen LogP contribution in [0.3, 0.4) is 0 Å². The molecular weight excluding hydrogens is 381 g/mol. The second-order valence-electron chi connectivity index (χ2n) is 4.18. The van der Waals surface area contributed by atoms with E-state index in [0.29, 0.717) is 26.0 Å². The van der Waals surface area contributed by atoms with E-state index in [0.717, 1.165) is 11.9 Å². The summed E-state index contributed by atoms with van der Waals surface area (Å²) >= 11 is 10.3. The maximum atomic E-state index is 13.8. The molecule has 0 unspecified atom stereocenters. The third-order valence-corrected chi connectivity index (χ3v) is 4.40. The highest BCUT2D eigenvalue weighted by atomic mass is 79.9. The monoisotopic (exact) mass is 387 g/mol. The van der Waals surface area contributed by atoms with Gasteiger partial charge in [-0.25, -0.2) is 4.39 Å². The van der Waals surface area contributed by atoms with Crippen molar-refractivity contribution in [3.63, 3.8) is 0 Å². The van der Waals surface area contributed by atoms with Crippen molar-refractivity contribution in [3.8, 4) is 5.75 Å². The van der Waals surface area contributed by atoms with Crippen molar-refractivity contribution in [1.82, 2.24) is 0 Å². The molecule has 3 N–H and O–H groups in total. The lowest BCUT2D eigenvalue weighted by atomic mass is 10.3. The second-order valence-corrected chi connectivity index (χ2v) is 6.27. The van der Waals surface area contributed by atoms with E-state index in [-0.39, 0.29) is 11.4 Å². The van der Waals surface area contributed by atoms with Crippen LogP contribution in [0.5, 0.6) is 5.75 Å². The molecule has 0 bridgehead atoms. The van der Waals surface area contributed by atoms with Crippen LogP contribution in [0, 0.1) is 5.82 Å². The molecule has 0 atom stereocenters. The number of anilines is 2. The molecule has 1 heterocycles. The minimum absolute atomic E-state index is 0.00630. The number of phenolic OH excluding ortho intramolecular Hbond substituents is 1. The summed E-state index contributed by atoms with van der Waals surface area (Å²) in [4.78, 5) is 0.693. The summed E-state index contributed by atoms with van der Waals surface area (Å²) in [6.45, 7) is 0. The van der Waals surface area contributed by atoms with Gasteiger partial charge in [0.05, 0.1) is 16.3 Å². The number of hydrogen-bond acceptors (Lipinski definition) is 5. The standard InChI is InChI=1S/C13H8BrClFN3OS/c14-7-2-1-3-8(16)11(7)17-13-18-12-9(20)4-6(15)5-10(12)21-19-13/h1-5,20H,(H2,17,18,19). The van der Waals surface area contributed by atoms with E-state index in [1.807, 2.05) is 0 Å². The van der Waals surface area contributed by atoms with Crippen molar-refractivity contribution < 1.29 is 9.50 Å². The Morgan fingerprint density at radius 3 is 2.95 bits per heavy atom. The Balaban J connectivity index is 1.88. The number of aromatic hydroxyl groups is 1. The van der Waals surface area contributed by atoms with Crippen LogP contribution in [0.2, 0.25) is 5.02 Å². The first-order chi connectivity index (χ1) is 10.0. The predicted octanol–water partition coefficient (Wildman–Crippen LogP) is 4.85. The maximum absolute atomic E-state index is 13.8. The van der Waals surface area contributed by atoms with E-state index in [2.05, 4.69) is 31.0 Å². The lowest BCUT2D eigenvalue weighted by Gasteiger charge is -2.20. The average molecular weight is 389 g/mol. The third kappa shape index (κ3) is 2.95. The molecule has 3 rings (SSSR count). The fraction of sp³-hybridized carbons (Fsp3) is 0. The molecule has 21 heavy (non-hydrogen) atoms. The highest BCUT2D eigenvalue weighted by molar-refractivity contribution is 9.10. The van der Waals surface area contributed by atoms with Crippen LogP contribution in [0.4, 0.5) is 15.8 Å². The van der Waals surface area contributed by atoms with E-state index in [1.54, 1.807) is 18.2 Å². The molecule has 1 aliphatic heterocycles. The minimum Gasteiger partial charge on any atom is -0.506 e. The zero-order valence-corrected chi connectivity index (χ0v) is 13.5. The number of nitrogens with zero attached hydrogens (tertiary/aromatic N) is 1. The summed E-state index contributed by atoms with van der Waals surface area (Å²) < 4.78 is 18.5. The van der Waals surface area contributed by atoms with Gasteiger partial charge in [-0.2, -0.15) is 4.40 Å². The first kappa shape index (κ1) is 14.5. The lowest BCUT2D eigenvalue weighted by Crippen LogP contribution is -2.24. The van der Waals surface area contributed by atoms with E-state index < -0.39 is 5.82 Å². The third-order valence-electron chi connectivity index (χ3n) is 2.73. The van der Waals surface area contributed by atoms with Gasteiger partial charge in [0.1, 0.15) is 11.6 Å². The number of phenols is 1. The largest absolute Gasteiger partial charge is 0.506 e. The highest BCUT2D eigenvalue weighted by Gasteiger charge is 2.19. The van der Waals surface area contributed by atoms with Crippen molar-refractivity contribution in [2.75, 3.05) is 10.6 Å². The SMILES string of the molecule is Oc1cc(Cl)cc2c1NC(Nc1c(F)cccc1Br)=NS2. The molecule has 8 heteroatoms. The van der Waals surface area contributed by atoms with Gasteiger partial charge in [0, 0.05) is 27.5 Å². The van der Waals surface area contributed by atoms with Crippen LogP contribution in [0.1, 0.15) is 0 Å². The Morgan fingerprint density at radius 1 is 1.38 bits per heavy atom. The van der Waals surface area contributed by atoms with Crippen LogP contribution in [0.15, 0.2) is 44.1 Å². The number of para-hydroxylation sites is 1. The molecule has 0 saturated carbocycles. The molecule has 0 amide bonds. The number of fused-ring (bicyclic) bond motifs is 1. The number of guanidine groups is 1. The van der Waals surface area contributed by atoms with Crippen LogP contribution in [-0.4, -0.2) is 11.1 Å². The molecule has 0 radical (unpaired) electrons. The topological polar surface area (TPSA) is 56.6 Å². The number of hydrogen-bond donors (Lipinski definition) is 3. The van der Waals surface area contributed by atoms with E-state index in [4.69, 9.17) is 11.6 Å². The van der Waals surface area contributed by atoms with Gasteiger partial charge in [-0.3, -0.25) is 0 Å². The second kappa shape index (κ2) is 5.75. The minimum atomic E-state index is -0.412. The predicted molar refractivity (Wildman–Crippen MR) is 87.8 cm³/mol. The molecule has 108 valence electrons. The Morgan fingerprint density at radius 2 is 2.19 bits per heavy atom. The number of halogens is 3. The molecule has 0 aromatic heterocycles. The first-order valence-electron chi connectivity index (χ1n) is 5.80. The van der Waals surface area contributed by atoms with Gasteiger partial charge < -0.3 is 15.7 Å². The Kier molecular flexibility index (Phi) is 3.97. The smallest absolute Gasteiger partial charge is 0.212 e. The van der Waals surface area contributed by atoms with Crippen molar-refractivity contribution in [2.45, 2.75) is 4.90 Å². The van der Waals surface area contributed by atoms with Crippen molar-refractivity contribution in [2.24, 2.45) is 4.40 Å². The molecule has 0 fully saturated rings. The molecule has 0 saturated heterocycles. The maximum Gasteiger partial charge on any atom is 0.212 e. The molecule has 2 aromatic rings. The van der Waals surface area contributed by atoms with Gasteiger partial charge in [0.15, 0.2) is 0 Å². The van der Waals surface area contributed by atoms with Crippen molar-refractivity contribution in [3.05, 3.63) is 45.6 Å². The fourth-order valence-corrected chi connectivity index (χ4v) is 3.22. The summed E-state index contributed by atoms with van der Waals surface area (Å²) in [5.74, 6) is -0.0901. The van der Waals surface area contributed by atoms with Crippen LogP contribution in [-0.2, 0) is 0 Å². The fourth-order valence-electron chi connectivity index (χ4n) is 1.79. The van der Waals surface area contributed by atoms with Crippen molar-refractivity contribution >= 4 is 56.8 Å².